The molecule has 1 aromatic heterocycles. The molecule has 1 heterocycles. The number of aryl methyl sites for hydroxylation is 1. The van der Waals surface area contributed by atoms with Gasteiger partial charge in [0, 0.05) is 22.7 Å². The smallest absolute Gasteiger partial charge is 0.107 e. The zero-order chi connectivity index (χ0) is 9.97. The number of hydrogen-bond donors (Lipinski definition) is 1. The molecule has 1 aromatic carbocycles. The minimum absolute atomic E-state index is 0.000199. The second kappa shape index (κ2) is 3.80. The first kappa shape index (κ1) is 9.21. The predicted octanol–water partition coefficient (Wildman–Crippen LogP) is 2.10. The van der Waals surface area contributed by atoms with Crippen molar-refractivity contribution in [3.8, 4) is 0 Å². The fraction of sp³-hybridized carbons (Fsp3) is 0.273. The monoisotopic (exact) mass is 193 g/mol. The summed E-state index contributed by atoms with van der Waals surface area (Å²) in [5.41, 5.74) is 1.84. The molecule has 0 spiro atoms. The zero-order valence-electron chi connectivity index (χ0n) is 7.78. The van der Waals surface area contributed by atoms with Gasteiger partial charge in [-0.25, -0.2) is 4.39 Å². The first-order valence-corrected chi connectivity index (χ1v) is 4.60. The molecule has 0 radical (unpaired) electrons. The van der Waals surface area contributed by atoms with Crippen molar-refractivity contribution in [2.45, 2.75) is 13.2 Å². The third kappa shape index (κ3) is 1.40. The quantitative estimate of drug-likeness (QED) is 0.793. The van der Waals surface area contributed by atoms with E-state index >= 15 is 0 Å². The van der Waals surface area contributed by atoms with Gasteiger partial charge in [0.2, 0.25) is 0 Å². The fourth-order valence-corrected chi connectivity index (χ4v) is 1.72. The van der Waals surface area contributed by atoms with Crippen LogP contribution in [-0.2, 0) is 13.2 Å². The Morgan fingerprint density at radius 1 is 1.29 bits per heavy atom. The molecule has 1 N–H and O–H groups in total. The SMILES string of the molecule is OCc1cn(CCF)c2ccccc12. The van der Waals surface area contributed by atoms with E-state index in [-0.39, 0.29) is 13.3 Å². The van der Waals surface area contributed by atoms with Gasteiger partial charge in [0.15, 0.2) is 0 Å². The molecule has 0 saturated carbocycles. The summed E-state index contributed by atoms with van der Waals surface area (Å²) in [6.07, 6.45) is 1.81. The molecule has 0 aliphatic carbocycles. The number of rotatable bonds is 3. The second-order valence-corrected chi connectivity index (χ2v) is 3.21. The lowest BCUT2D eigenvalue weighted by Crippen LogP contribution is -1.96. The average Bonchev–Trinajstić information content (AvgIpc) is 2.58. The summed E-state index contributed by atoms with van der Waals surface area (Å²) in [5, 5.41) is 10.1. The van der Waals surface area contributed by atoms with Crippen LogP contribution in [-0.4, -0.2) is 16.3 Å². The Labute approximate surface area is 81.6 Å². The van der Waals surface area contributed by atoms with Gasteiger partial charge >= 0.3 is 0 Å². The van der Waals surface area contributed by atoms with E-state index in [0.717, 1.165) is 16.5 Å². The second-order valence-electron chi connectivity index (χ2n) is 3.21. The number of halogens is 1. The molecular formula is C11H12FNO. The van der Waals surface area contributed by atoms with Crippen molar-refractivity contribution >= 4 is 10.9 Å². The number of benzene rings is 1. The van der Waals surface area contributed by atoms with Crippen molar-refractivity contribution in [2.75, 3.05) is 6.67 Å². The van der Waals surface area contributed by atoms with E-state index in [0.29, 0.717) is 6.54 Å². The summed E-state index contributed by atoms with van der Waals surface area (Å²) in [7, 11) is 0. The number of fused-ring (bicyclic) bond motifs is 1. The average molecular weight is 193 g/mol. The molecule has 0 aliphatic rings. The van der Waals surface area contributed by atoms with E-state index in [4.69, 9.17) is 5.11 Å². The topological polar surface area (TPSA) is 25.2 Å². The first-order chi connectivity index (χ1) is 6.86. The van der Waals surface area contributed by atoms with Gasteiger partial charge < -0.3 is 9.67 Å². The molecule has 0 saturated heterocycles. The summed E-state index contributed by atoms with van der Waals surface area (Å²) < 4.78 is 14.1. The normalized spacial score (nSPS) is 11.0. The number of alkyl halides is 1. The number of para-hydroxylation sites is 1. The van der Waals surface area contributed by atoms with Gasteiger partial charge in [0.1, 0.15) is 6.67 Å². The van der Waals surface area contributed by atoms with E-state index in [9.17, 15) is 4.39 Å². The highest BCUT2D eigenvalue weighted by atomic mass is 19.1. The Bertz CT molecular complexity index is 436. The Balaban J connectivity index is 2.61. The van der Waals surface area contributed by atoms with Crippen molar-refractivity contribution in [3.05, 3.63) is 36.0 Å². The maximum atomic E-state index is 12.2. The number of hydrogen-bond acceptors (Lipinski definition) is 1. The van der Waals surface area contributed by atoms with Gasteiger partial charge in [0.05, 0.1) is 13.2 Å². The molecule has 14 heavy (non-hydrogen) atoms. The zero-order valence-corrected chi connectivity index (χ0v) is 7.78. The number of aromatic nitrogens is 1. The van der Waals surface area contributed by atoms with Gasteiger partial charge in [-0.05, 0) is 6.07 Å². The van der Waals surface area contributed by atoms with Crippen LogP contribution in [0.3, 0.4) is 0 Å². The number of aliphatic hydroxyl groups excluding tert-OH is 1. The lowest BCUT2D eigenvalue weighted by molar-refractivity contribution is 0.283. The van der Waals surface area contributed by atoms with Crippen LogP contribution in [0.5, 0.6) is 0 Å². The predicted molar refractivity (Wildman–Crippen MR) is 53.8 cm³/mol. The molecule has 0 bridgehead atoms. The van der Waals surface area contributed by atoms with Gasteiger partial charge in [0.25, 0.3) is 0 Å². The number of aliphatic hydroxyl groups is 1. The van der Waals surface area contributed by atoms with Gasteiger partial charge in [-0.2, -0.15) is 0 Å². The van der Waals surface area contributed by atoms with Gasteiger partial charge in [-0.15, -0.1) is 0 Å². The lowest BCUT2D eigenvalue weighted by Gasteiger charge is -1.99. The van der Waals surface area contributed by atoms with Crippen LogP contribution in [0.15, 0.2) is 30.5 Å². The van der Waals surface area contributed by atoms with E-state index in [1.54, 1.807) is 0 Å². The molecule has 0 aliphatic heterocycles. The lowest BCUT2D eigenvalue weighted by atomic mass is 10.2. The Kier molecular flexibility index (Phi) is 2.50. The summed E-state index contributed by atoms with van der Waals surface area (Å²) in [4.78, 5) is 0. The summed E-state index contributed by atoms with van der Waals surface area (Å²) in [6, 6.07) is 7.71. The highest BCUT2D eigenvalue weighted by Gasteiger charge is 2.05. The van der Waals surface area contributed by atoms with E-state index in [1.807, 2.05) is 35.0 Å². The maximum Gasteiger partial charge on any atom is 0.107 e. The molecule has 0 amide bonds. The minimum atomic E-state index is -0.385. The van der Waals surface area contributed by atoms with Crippen LogP contribution in [0, 0.1) is 0 Å². The molecule has 2 nitrogen and oxygen atoms in total. The number of nitrogens with zero attached hydrogens (tertiary/aromatic N) is 1. The minimum Gasteiger partial charge on any atom is -0.392 e. The van der Waals surface area contributed by atoms with Crippen molar-refractivity contribution in [1.82, 2.24) is 4.57 Å². The van der Waals surface area contributed by atoms with E-state index in [1.165, 1.54) is 0 Å². The summed E-state index contributed by atoms with van der Waals surface area (Å²) >= 11 is 0. The van der Waals surface area contributed by atoms with Crippen molar-refractivity contribution in [1.29, 1.82) is 0 Å². The highest BCUT2D eigenvalue weighted by molar-refractivity contribution is 5.83. The van der Waals surface area contributed by atoms with Crippen LogP contribution in [0.1, 0.15) is 5.56 Å². The van der Waals surface area contributed by atoms with Crippen molar-refractivity contribution < 1.29 is 9.50 Å². The fourth-order valence-electron chi connectivity index (χ4n) is 1.72. The summed E-state index contributed by atoms with van der Waals surface area (Å²) in [6.45, 7) is -0.0378. The molecule has 0 unspecified atom stereocenters. The Morgan fingerprint density at radius 3 is 2.79 bits per heavy atom. The van der Waals surface area contributed by atoms with Crippen LogP contribution in [0.2, 0.25) is 0 Å². The van der Waals surface area contributed by atoms with Crippen LogP contribution in [0.4, 0.5) is 4.39 Å². The van der Waals surface area contributed by atoms with Crippen molar-refractivity contribution in [2.24, 2.45) is 0 Å². The summed E-state index contributed by atoms with van der Waals surface area (Å²) in [5.74, 6) is 0. The first-order valence-electron chi connectivity index (χ1n) is 4.60. The third-order valence-electron chi connectivity index (χ3n) is 2.37. The van der Waals surface area contributed by atoms with Crippen LogP contribution in [0.25, 0.3) is 10.9 Å². The van der Waals surface area contributed by atoms with Crippen LogP contribution >= 0.6 is 0 Å². The van der Waals surface area contributed by atoms with Gasteiger partial charge in [-0.3, -0.25) is 0 Å². The molecular weight excluding hydrogens is 181 g/mol. The largest absolute Gasteiger partial charge is 0.392 e. The standard InChI is InChI=1S/C11H12FNO/c12-5-6-13-7-9(8-14)10-3-1-2-4-11(10)13/h1-4,7,14H,5-6,8H2. The van der Waals surface area contributed by atoms with Crippen molar-refractivity contribution in [3.63, 3.8) is 0 Å². The van der Waals surface area contributed by atoms with E-state index < -0.39 is 0 Å². The molecule has 74 valence electrons. The Morgan fingerprint density at radius 2 is 2.07 bits per heavy atom. The molecule has 2 rings (SSSR count). The molecule has 0 atom stereocenters. The van der Waals surface area contributed by atoms with Crippen LogP contribution < -0.4 is 0 Å². The molecule has 3 heteroatoms. The molecule has 0 fully saturated rings. The highest BCUT2D eigenvalue weighted by Crippen LogP contribution is 2.20. The van der Waals surface area contributed by atoms with E-state index in [2.05, 4.69) is 0 Å². The van der Waals surface area contributed by atoms with Gasteiger partial charge in [-0.1, -0.05) is 18.2 Å². The maximum absolute atomic E-state index is 12.2. The third-order valence-corrected chi connectivity index (χ3v) is 2.37. The molecule has 2 aromatic rings. The Hall–Kier alpha value is -1.35.